The Balaban J connectivity index is 1.88. The summed E-state index contributed by atoms with van der Waals surface area (Å²) in [6.07, 6.45) is 3.62. The molecule has 0 saturated heterocycles. The summed E-state index contributed by atoms with van der Waals surface area (Å²) in [7, 11) is 0. The van der Waals surface area contributed by atoms with Gasteiger partial charge in [-0.05, 0) is 43.2 Å². The van der Waals surface area contributed by atoms with Crippen LogP contribution in [0.1, 0.15) is 30.9 Å². The fraction of sp³-hybridized carbons (Fsp3) is 0.167. The molecule has 2 N–H and O–H groups in total. The summed E-state index contributed by atoms with van der Waals surface area (Å²) in [6.45, 7) is 3.53. The van der Waals surface area contributed by atoms with E-state index in [4.69, 9.17) is 4.74 Å². The lowest BCUT2D eigenvalue weighted by Gasteiger charge is -2.29. The van der Waals surface area contributed by atoms with Gasteiger partial charge in [0.2, 0.25) is 0 Å². The van der Waals surface area contributed by atoms with Gasteiger partial charge in [-0.1, -0.05) is 64.5 Å². The summed E-state index contributed by atoms with van der Waals surface area (Å²) in [5.74, 6) is -2.35. The van der Waals surface area contributed by atoms with E-state index in [1.54, 1.807) is 19.9 Å². The Labute approximate surface area is 183 Å². The van der Waals surface area contributed by atoms with Gasteiger partial charge in [0.15, 0.2) is 0 Å². The predicted octanol–water partition coefficient (Wildman–Crippen LogP) is 5.03. The number of halogens is 1. The molecule has 0 fully saturated rings. The van der Waals surface area contributed by atoms with Gasteiger partial charge in [-0.25, -0.2) is 9.59 Å². The quantitative estimate of drug-likeness (QED) is 0.582. The highest BCUT2D eigenvalue weighted by atomic mass is 79.9. The fourth-order valence-corrected chi connectivity index (χ4v) is 3.93. The van der Waals surface area contributed by atoms with Crippen LogP contribution < -0.4 is 5.32 Å². The first-order valence-electron chi connectivity index (χ1n) is 9.44. The van der Waals surface area contributed by atoms with Crippen molar-refractivity contribution < 1.29 is 19.4 Å². The maximum Gasteiger partial charge on any atom is 0.337 e. The Morgan fingerprint density at radius 1 is 1.07 bits per heavy atom. The van der Waals surface area contributed by atoms with Crippen molar-refractivity contribution in [3.8, 4) is 0 Å². The first kappa shape index (κ1) is 21.6. The van der Waals surface area contributed by atoms with Crippen molar-refractivity contribution in [1.82, 2.24) is 5.32 Å². The molecule has 1 unspecified atom stereocenters. The SMILES string of the molecule is CC1=C(C(=O)O)C(c2cccc(Br)c2)C(C(=O)OC/C=C/c2ccccc2)=C(C)N1. The van der Waals surface area contributed by atoms with E-state index in [0.717, 1.165) is 10.0 Å². The van der Waals surface area contributed by atoms with E-state index in [2.05, 4.69) is 21.2 Å². The molecule has 1 aliphatic rings. The molecule has 0 bridgehead atoms. The van der Waals surface area contributed by atoms with Gasteiger partial charge in [-0.15, -0.1) is 0 Å². The Kier molecular flexibility index (Phi) is 6.90. The Morgan fingerprint density at radius 2 is 1.77 bits per heavy atom. The number of carboxylic acid groups (broad SMARTS) is 1. The van der Waals surface area contributed by atoms with Gasteiger partial charge < -0.3 is 15.2 Å². The number of esters is 1. The molecule has 0 spiro atoms. The highest BCUT2D eigenvalue weighted by Crippen LogP contribution is 2.39. The highest BCUT2D eigenvalue weighted by Gasteiger charge is 2.37. The van der Waals surface area contributed by atoms with Crippen LogP contribution in [-0.2, 0) is 14.3 Å². The first-order valence-corrected chi connectivity index (χ1v) is 10.2. The molecule has 0 amide bonds. The predicted molar refractivity (Wildman–Crippen MR) is 119 cm³/mol. The molecule has 6 heteroatoms. The first-order chi connectivity index (χ1) is 14.4. The molecule has 0 radical (unpaired) electrons. The van der Waals surface area contributed by atoms with Crippen molar-refractivity contribution in [3.05, 3.63) is 98.8 Å². The molecular weight excluding hydrogens is 446 g/mol. The van der Waals surface area contributed by atoms with Gasteiger partial charge in [0.05, 0.1) is 17.1 Å². The average Bonchev–Trinajstić information content (AvgIpc) is 2.71. The van der Waals surface area contributed by atoms with E-state index in [-0.39, 0.29) is 12.2 Å². The third kappa shape index (κ3) is 4.89. The smallest absolute Gasteiger partial charge is 0.337 e. The van der Waals surface area contributed by atoms with Crippen molar-refractivity contribution >= 4 is 33.9 Å². The second kappa shape index (κ2) is 9.59. The number of carbonyl (C=O) groups excluding carboxylic acids is 1. The summed E-state index contributed by atoms with van der Waals surface area (Å²) >= 11 is 3.43. The second-order valence-electron chi connectivity index (χ2n) is 6.91. The minimum Gasteiger partial charge on any atom is -0.478 e. The molecule has 1 atom stereocenters. The Morgan fingerprint density at radius 3 is 2.43 bits per heavy atom. The average molecular weight is 468 g/mol. The van der Waals surface area contributed by atoms with Crippen LogP contribution in [0.3, 0.4) is 0 Å². The second-order valence-corrected chi connectivity index (χ2v) is 7.82. The summed E-state index contributed by atoms with van der Waals surface area (Å²) < 4.78 is 6.27. The standard InChI is InChI=1S/C24H22BrNO4/c1-15-20(23(27)28)22(18-11-6-12-19(25)14-18)21(16(2)26-15)24(29)30-13-7-10-17-8-4-3-5-9-17/h3-12,14,22,26H,13H2,1-2H3,(H,27,28)/b10-7+. The number of ether oxygens (including phenoxy) is 1. The van der Waals surface area contributed by atoms with Gasteiger partial charge in [-0.2, -0.15) is 0 Å². The molecule has 1 heterocycles. The van der Waals surface area contributed by atoms with Crippen molar-refractivity contribution in [2.45, 2.75) is 19.8 Å². The lowest BCUT2D eigenvalue weighted by atomic mass is 9.80. The van der Waals surface area contributed by atoms with Crippen LogP contribution in [0, 0.1) is 0 Å². The van der Waals surface area contributed by atoms with Gasteiger partial charge in [-0.3, -0.25) is 0 Å². The molecule has 2 aromatic carbocycles. The summed E-state index contributed by atoms with van der Waals surface area (Å²) in [4.78, 5) is 25.0. The third-order valence-corrected chi connectivity index (χ3v) is 5.31. The number of rotatable bonds is 6. The number of nitrogens with one attached hydrogen (secondary N) is 1. The maximum atomic E-state index is 13.0. The normalized spacial score (nSPS) is 16.6. The van der Waals surface area contributed by atoms with Crippen LogP contribution in [0.5, 0.6) is 0 Å². The van der Waals surface area contributed by atoms with E-state index in [1.165, 1.54) is 0 Å². The monoisotopic (exact) mass is 467 g/mol. The van der Waals surface area contributed by atoms with Gasteiger partial charge in [0.25, 0.3) is 0 Å². The topological polar surface area (TPSA) is 75.6 Å². The molecule has 2 aromatic rings. The molecule has 154 valence electrons. The Hall–Kier alpha value is -3.12. The third-order valence-electron chi connectivity index (χ3n) is 4.81. The number of dihydropyridines is 1. The summed E-state index contributed by atoms with van der Waals surface area (Å²) in [5.41, 5.74) is 3.22. The van der Waals surface area contributed by atoms with Crippen molar-refractivity contribution in [3.63, 3.8) is 0 Å². The van der Waals surface area contributed by atoms with E-state index >= 15 is 0 Å². The molecule has 0 saturated carbocycles. The molecule has 30 heavy (non-hydrogen) atoms. The number of carbonyl (C=O) groups is 2. The molecule has 0 aliphatic carbocycles. The van der Waals surface area contributed by atoms with Gasteiger partial charge in [0, 0.05) is 15.9 Å². The van der Waals surface area contributed by atoms with Crippen molar-refractivity contribution in [1.29, 1.82) is 0 Å². The number of hydrogen-bond donors (Lipinski definition) is 2. The van der Waals surface area contributed by atoms with E-state index in [0.29, 0.717) is 22.5 Å². The molecule has 3 rings (SSSR count). The minimum absolute atomic E-state index is 0.0841. The molecule has 0 aromatic heterocycles. The maximum absolute atomic E-state index is 13.0. The van der Waals surface area contributed by atoms with Crippen molar-refractivity contribution in [2.75, 3.05) is 6.61 Å². The summed E-state index contributed by atoms with van der Waals surface area (Å²) in [5, 5.41) is 12.9. The minimum atomic E-state index is -1.08. The van der Waals surface area contributed by atoms with Crippen LogP contribution in [0.4, 0.5) is 0 Å². The largest absolute Gasteiger partial charge is 0.478 e. The van der Waals surface area contributed by atoms with E-state index < -0.39 is 17.9 Å². The lowest BCUT2D eigenvalue weighted by molar-refractivity contribution is -0.138. The number of hydrogen-bond acceptors (Lipinski definition) is 4. The van der Waals surface area contributed by atoms with E-state index in [1.807, 2.05) is 60.7 Å². The molecule has 5 nitrogen and oxygen atoms in total. The highest BCUT2D eigenvalue weighted by molar-refractivity contribution is 9.10. The zero-order chi connectivity index (χ0) is 21.7. The molecular formula is C24H22BrNO4. The molecule has 1 aliphatic heterocycles. The number of aliphatic carboxylic acids is 1. The van der Waals surface area contributed by atoms with Gasteiger partial charge in [0.1, 0.15) is 6.61 Å². The zero-order valence-corrected chi connectivity index (χ0v) is 18.3. The van der Waals surface area contributed by atoms with Crippen LogP contribution >= 0.6 is 15.9 Å². The zero-order valence-electron chi connectivity index (χ0n) is 16.7. The lowest BCUT2D eigenvalue weighted by Crippen LogP contribution is -2.31. The Bertz CT molecular complexity index is 1050. The number of allylic oxidation sites excluding steroid dienone is 2. The van der Waals surface area contributed by atoms with Crippen molar-refractivity contribution in [2.24, 2.45) is 0 Å². The summed E-state index contributed by atoms with van der Waals surface area (Å²) in [6, 6.07) is 17.0. The van der Waals surface area contributed by atoms with Crippen LogP contribution in [-0.4, -0.2) is 23.7 Å². The van der Waals surface area contributed by atoms with E-state index in [9.17, 15) is 14.7 Å². The van der Waals surface area contributed by atoms with Crippen LogP contribution in [0.25, 0.3) is 6.08 Å². The fourth-order valence-electron chi connectivity index (χ4n) is 3.52. The van der Waals surface area contributed by atoms with Gasteiger partial charge >= 0.3 is 11.9 Å². The van der Waals surface area contributed by atoms with Crippen LogP contribution in [0.2, 0.25) is 0 Å². The number of benzene rings is 2. The number of carboxylic acids is 1. The van der Waals surface area contributed by atoms with Crippen LogP contribution in [0.15, 0.2) is 87.7 Å².